The number of hydrogen-bond donors (Lipinski definition) is 1. The molecule has 2 aromatic carbocycles. The van der Waals surface area contributed by atoms with Crippen molar-refractivity contribution in [2.45, 2.75) is 26.3 Å². The second kappa shape index (κ2) is 5.72. The van der Waals surface area contributed by atoms with Gasteiger partial charge in [-0.15, -0.1) is 0 Å². The molecule has 0 aliphatic rings. The predicted molar refractivity (Wildman–Crippen MR) is 78.0 cm³/mol. The number of nitrogens with two attached hydrogens (primary N) is 1. The molecule has 3 heteroatoms. The molecule has 100 valence electrons. The fourth-order valence-corrected chi connectivity index (χ4v) is 2.43. The van der Waals surface area contributed by atoms with E-state index in [1.54, 1.807) is 19.1 Å². The second-order valence-electron chi connectivity index (χ2n) is 4.88. The summed E-state index contributed by atoms with van der Waals surface area (Å²) in [5.74, 6) is -0.224. The van der Waals surface area contributed by atoms with E-state index in [1.807, 2.05) is 31.2 Å². The van der Waals surface area contributed by atoms with Gasteiger partial charge in [-0.3, -0.25) is 0 Å². The molecule has 0 heterocycles. The number of rotatable bonds is 3. The van der Waals surface area contributed by atoms with Gasteiger partial charge in [0.1, 0.15) is 5.82 Å². The van der Waals surface area contributed by atoms with E-state index in [0.29, 0.717) is 22.6 Å². The number of hydrogen-bond acceptors (Lipinski definition) is 1. The Morgan fingerprint density at radius 2 is 1.95 bits per heavy atom. The van der Waals surface area contributed by atoms with Crippen LogP contribution in [0, 0.1) is 19.7 Å². The molecule has 0 radical (unpaired) electrons. The highest BCUT2D eigenvalue weighted by molar-refractivity contribution is 6.31. The minimum Gasteiger partial charge on any atom is -0.324 e. The Labute approximate surface area is 118 Å². The molecule has 0 saturated carbocycles. The zero-order valence-electron chi connectivity index (χ0n) is 11.1. The molecule has 1 atom stereocenters. The van der Waals surface area contributed by atoms with Crippen molar-refractivity contribution in [1.82, 2.24) is 0 Å². The maximum Gasteiger partial charge on any atom is 0.130 e. The molecule has 0 bridgehead atoms. The Bertz CT molecular complexity index is 595. The topological polar surface area (TPSA) is 26.0 Å². The molecule has 2 N–H and O–H groups in total. The van der Waals surface area contributed by atoms with Gasteiger partial charge < -0.3 is 5.73 Å². The predicted octanol–water partition coefficient (Wildman–Crippen LogP) is 4.34. The second-order valence-corrected chi connectivity index (χ2v) is 5.29. The highest BCUT2D eigenvalue weighted by Crippen LogP contribution is 2.25. The standard InChI is InChI=1S/C16H17ClFN/c1-10-6-7-12(14(17)8-10)9-15(19)13-5-3-4-11(2)16(13)18/h3-8,15H,9,19H2,1-2H3. The van der Waals surface area contributed by atoms with Crippen molar-refractivity contribution in [2.75, 3.05) is 0 Å². The van der Waals surface area contributed by atoms with Crippen LogP contribution in [0.3, 0.4) is 0 Å². The molecule has 0 aliphatic heterocycles. The zero-order valence-corrected chi connectivity index (χ0v) is 11.8. The normalized spacial score (nSPS) is 12.5. The summed E-state index contributed by atoms with van der Waals surface area (Å²) in [4.78, 5) is 0. The van der Waals surface area contributed by atoms with Crippen LogP contribution in [0.25, 0.3) is 0 Å². The first-order valence-corrected chi connectivity index (χ1v) is 6.62. The molecule has 0 spiro atoms. The van der Waals surface area contributed by atoms with Gasteiger partial charge in [0.05, 0.1) is 0 Å². The lowest BCUT2D eigenvalue weighted by atomic mass is 9.97. The lowest BCUT2D eigenvalue weighted by molar-refractivity contribution is 0.573. The first-order valence-electron chi connectivity index (χ1n) is 6.24. The van der Waals surface area contributed by atoms with Gasteiger partial charge in [0.25, 0.3) is 0 Å². The lowest BCUT2D eigenvalue weighted by Gasteiger charge is -2.15. The summed E-state index contributed by atoms with van der Waals surface area (Å²) in [7, 11) is 0. The van der Waals surface area contributed by atoms with Gasteiger partial charge in [0.15, 0.2) is 0 Å². The van der Waals surface area contributed by atoms with Crippen molar-refractivity contribution in [3.05, 3.63) is 69.5 Å². The summed E-state index contributed by atoms with van der Waals surface area (Å²) < 4.78 is 14.0. The number of halogens is 2. The van der Waals surface area contributed by atoms with E-state index < -0.39 is 0 Å². The van der Waals surface area contributed by atoms with Crippen molar-refractivity contribution in [3.8, 4) is 0 Å². The SMILES string of the molecule is Cc1ccc(CC(N)c2cccc(C)c2F)c(Cl)c1. The van der Waals surface area contributed by atoms with Crippen LogP contribution in [-0.4, -0.2) is 0 Å². The fourth-order valence-electron chi connectivity index (χ4n) is 2.12. The molecule has 1 nitrogen and oxygen atoms in total. The van der Waals surface area contributed by atoms with Crippen LogP contribution in [0.2, 0.25) is 5.02 Å². The number of aryl methyl sites for hydroxylation is 2. The molecule has 0 saturated heterocycles. The third kappa shape index (κ3) is 3.14. The Kier molecular flexibility index (Phi) is 4.23. The first-order chi connectivity index (χ1) is 8.99. The Balaban J connectivity index is 2.25. The van der Waals surface area contributed by atoms with Gasteiger partial charge in [-0.1, -0.05) is 41.9 Å². The minimum absolute atomic E-state index is 0.224. The van der Waals surface area contributed by atoms with E-state index in [1.165, 1.54) is 0 Å². The van der Waals surface area contributed by atoms with Crippen LogP contribution in [0.1, 0.15) is 28.3 Å². The Morgan fingerprint density at radius 3 is 2.63 bits per heavy atom. The average Bonchev–Trinajstić information content (AvgIpc) is 2.36. The van der Waals surface area contributed by atoms with Crippen molar-refractivity contribution in [3.63, 3.8) is 0 Å². The Hall–Kier alpha value is -1.38. The minimum atomic E-state index is -0.389. The summed E-state index contributed by atoms with van der Waals surface area (Å²) in [5.41, 5.74) is 9.30. The number of benzene rings is 2. The molecule has 19 heavy (non-hydrogen) atoms. The van der Waals surface area contributed by atoms with Crippen LogP contribution in [0.4, 0.5) is 4.39 Å². The van der Waals surface area contributed by atoms with Crippen molar-refractivity contribution >= 4 is 11.6 Å². The van der Waals surface area contributed by atoms with Gasteiger partial charge in [-0.25, -0.2) is 4.39 Å². The third-order valence-corrected chi connectivity index (χ3v) is 3.62. The quantitative estimate of drug-likeness (QED) is 0.887. The maximum atomic E-state index is 14.0. The van der Waals surface area contributed by atoms with E-state index in [-0.39, 0.29) is 11.9 Å². The van der Waals surface area contributed by atoms with Crippen molar-refractivity contribution in [1.29, 1.82) is 0 Å². The summed E-state index contributed by atoms with van der Waals surface area (Å²) in [6, 6.07) is 10.7. The summed E-state index contributed by atoms with van der Waals surface area (Å²) in [6.07, 6.45) is 0.527. The molecular formula is C16H17ClFN. The molecule has 1 unspecified atom stereocenters. The average molecular weight is 278 g/mol. The largest absolute Gasteiger partial charge is 0.324 e. The molecule has 2 rings (SSSR count). The summed E-state index contributed by atoms with van der Waals surface area (Å²) in [5, 5.41) is 0.684. The highest BCUT2D eigenvalue weighted by Gasteiger charge is 2.14. The molecule has 0 aliphatic carbocycles. The molecular weight excluding hydrogens is 261 g/mol. The summed E-state index contributed by atoms with van der Waals surface area (Å²) in [6.45, 7) is 3.72. The third-order valence-electron chi connectivity index (χ3n) is 3.27. The van der Waals surface area contributed by atoms with Gasteiger partial charge >= 0.3 is 0 Å². The highest BCUT2D eigenvalue weighted by atomic mass is 35.5. The van der Waals surface area contributed by atoms with Crippen molar-refractivity contribution in [2.24, 2.45) is 5.73 Å². The van der Waals surface area contributed by atoms with Gasteiger partial charge in [0.2, 0.25) is 0 Å². The van der Waals surface area contributed by atoms with E-state index in [9.17, 15) is 4.39 Å². The van der Waals surface area contributed by atoms with E-state index >= 15 is 0 Å². The zero-order chi connectivity index (χ0) is 14.0. The molecule has 0 aromatic heterocycles. The van der Waals surface area contributed by atoms with E-state index in [2.05, 4.69) is 0 Å². The first kappa shape index (κ1) is 14.0. The van der Waals surface area contributed by atoms with Gasteiger partial charge in [-0.05, 0) is 43.0 Å². The van der Waals surface area contributed by atoms with Crippen molar-refractivity contribution < 1.29 is 4.39 Å². The molecule has 0 fully saturated rings. The van der Waals surface area contributed by atoms with Gasteiger partial charge in [-0.2, -0.15) is 0 Å². The summed E-state index contributed by atoms with van der Waals surface area (Å²) >= 11 is 6.18. The van der Waals surface area contributed by atoms with E-state index in [0.717, 1.165) is 11.1 Å². The molecule has 2 aromatic rings. The Morgan fingerprint density at radius 1 is 1.21 bits per heavy atom. The van der Waals surface area contributed by atoms with Crippen LogP contribution >= 0.6 is 11.6 Å². The van der Waals surface area contributed by atoms with Gasteiger partial charge in [0, 0.05) is 16.6 Å². The van der Waals surface area contributed by atoms with Crippen LogP contribution in [-0.2, 0) is 6.42 Å². The lowest BCUT2D eigenvalue weighted by Crippen LogP contribution is -2.15. The molecule has 0 amide bonds. The fraction of sp³-hybridized carbons (Fsp3) is 0.250. The maximum absolute atomic E-state index is 14.0. The van der Waals surface area contributed by atoms with E-state index in [4.69, 9.17) is 17.3 Å². The van der Waals surface area contributed by atoms with Crippen LogP contribution in [0.5, 0.6) is 0 Å². The monoisotopic (exact) mass is 277 g/mol. The smallest absolute Gasteiger partial charge is 0.130 e. The van der Waals surface area contributed by atoms with Crippen LogP contribution < -0.4 is 5.73 Å². The van der Waals surface area contributed by atoms with Crippen LogP contribution in [0.15, 0.2) is 36.4 Å².